The van der Waals surface area contributed by atoms with E-state index in [4.69, 9.17) is 4.52 Å². The minimum absolute atomic E-state index is 0.204. The van der Waals surface area contributed by atoms with Crippen LogP contribution in [-0.4, -0.2) is 29.8 Å². The molecule has 4 aromatic rings. The third kappa shape index (κ3) is 4.63. The zero-order valence-corrected chi connectivity index (χ0v) is 20.5. The van der Waals surface area contributed by atoms with Gasteiger partial charge in [0.05, 0.1) is 5.41 Å². The summed E-state index contributed by atoms with van der Waals surface area (Å²) in [5.74, 6) is -0.221. The summed E-state index contributed by atoms with van der Waals surface area (Å²) in [7, 11) is 2.02. The van der Waals surface area contributed by atoms with Crippen LogP contribution in [0.5, 0.6) is 0 Å². The number of aliphatic carboxylic acids is 1. The molecule has 0 atom stereocenters. The maximum atomic E-state index is 13.5. The highest BCUT2D eigenvalue weighted by molar-refractivity contribution is 5.85. The van der Waals surface area contributed by atoms with Crippen molar-refractivity contribution in [3.63, 3.8) is 0 Å². The van der Waals surface area contributed by atoms with Gasteiger partial charge in [-0.15, -0.1) is 0 Å². The lowest BCUT2D eigenvalue weighted by Crippen LogP contribution is -2.20. The summed E-state index contributed by atoms with van der Waals surface area (Å²) >= 11 is 0. The van der Waals surface area contributed by atoms with Gasteiger partial charge in [-0.25, -0.2) is 4.39 Å². The van der Waals surface area contributed by atoms with E-state index in [9.17, 15) is 14.3 Å². The predicted molar refractivity (Wildman–Crippen MR) is 139 cm³/mol. The van der Waals surface area contributed by atoms with Gasteiger partial charge in [0, 0.05) is 19.2 Å². The van der Waals surface area contributed by atoms with E-state index >= 15 is 0 Å². The number of aryl methyl sites for hydroxylation is 2. The average Bonchev–Trinajstić information content (AvgIpc) is 3.61. The average molecular weight is 485 g/mol. The summed E-state index contributed by atoms with van der Waals surface area (Å²) in [6.07, 6.45) is 3.08. The molecule has 1 fully saturated rings. The third-order valence-electron chi connectivity index (χ3n) is 7.14. The number of halogens is 1. The Kier molecular flexibility index (Phi) is 6.35. The fourth-order valence-electron chi connectivity index (χ4n) is 4.88. The van der Waals surface area contributed by atoms with Crippen LogP contribution in [0, 0.1) is 12.7 Å². The number of carboxylic acid groups (broad SMARTS) is 1. The van der Waals surface area contributed by atoms with Crippen LogP contribution in [-0.2, 0) is 16.6 Å². The Balaban J connectivity index is 1.29. The first kappa shape index (κ1) is 23.8. The molecule has 1 aromatic heterocycles. The smallest absolute Gasteiger partial charge is 0.314 e. The molecule has 0 aliphatic heterocycles. The second-order valence-electron chi connectivity index (χ2n) is 9.64. The molecule has 5 rings (SSSR count). The highest BCUT2D eigenvalue weighted by Gasteiger charge is 2.51. The van der Waals surface area contributed by atoms with Gasteiger partial charge >= 0.3 is 5.97 Å². The number of carboxylic acids is 1. The first-order valence-electron chi connectivity index (χ1n) is 12.2. The van der Waals surface area contributed by atoms with Crippen molar-refractivity contribution >= 4 is 11.7 Å². The summed E-state index contributed by atoms with van der Waals surface area (Å²) in [5, 5.41) is 13.7. The molecule has 6 heteroatoms. The zero-order valence-electron chi connectivity index (χ0n) is 20.5. The molecule has 5 nitrogen and oxygen atoms in total. The molecular weight excluding hydrogens is 455 g/mol. The SMILES string of the molecule is Cc1noc(-c2ccc(-c3ccc(C4(C(=O)O)CC4)cc3)cc2)c1N(C)CCCc1cccc(F)c1. The Labute approximate surface area is 210 Å². The van der Waals surface area contributed by atoms with Crippen molar-refractivity contribution in [2.45, 2.75) is 38.0 Å². The summed E-state index contributed by atoms with van der Waals surface area (Å²) in [4.78, 5) is 13.7. The molecule has 0 unspecified atom stereocenters. The van der Waals surface area contributed by atoms with Crippen LogP contribution >= 0.6 is 0 Å². The number of hydrogen-bond acceptors (Lipinski definition) is 4. The molecule has 0 radical (unpaired) electrons. The minimum atomic E-state index is -0.739. The summed E-state index contributed by atoms with van der Waals surface area (Å²) in [6, 6.07) is 22.7. The van der Waals surface area contributed by atoms with Gasteiger partial charge in [-0.3, -0.25) is 4.79 Å². The van der Waals surface area contributed by atoms with E-state index in [1.54, 1.807) is 12.1 Å². The van der Waals surface area contributed by atoms with E-state index < -0.39 is 11.4 Å². The van der Waals surface area contributed by atoms with Crippen LogP contribution in [0.4, 0.5) is 10.1 Å². The molecular formula is C30H29FN2O3. The molecule has 1 aliphatic rings. The van der Waals surface area contributed by atoms with Crippen molar-refractivity contribution in [2.24, 2.45) is 0 Å². The molecule has 184 valence electrons. The number of benzene rings is 3. The lowest BCUT2D eigenvalue weighted by Gasteiger charge is -2.19. The topological polar surface area (TPSA) is 66.6 Å². The molecule has 0 saturated heterocycles. The molecule has 1 heterocycles. The molecule has 36 heavy (non-hydrogen) atoms. The molecule has 0 bridgehead atoms. The second kappa shape index (κ2) is 9.61. The van der Waals surface area contributed by atoms with Gasteiger partial charge < -0.3 is 14.5 Å². The maximum Gasteiger partial charge on any atom is 0.314 e. The fraction of sp³-hybridized carbons (Fsp3) is 0.267. The standard InChI is InChI=1S/C30H29FN2O3/c1-20-27(33(2)18-4-6-21-5-3-7-26(31)19-21)28(36-32-20)24-10-8-22(9-11-24)23-12-14-25(15-13-23)30(16-17-30)29(34)35/h3,5,7-15,19H,4,6,16-18H2,1-2H3,(H,34,35). The monoisotopic (exact) mass is 484 g/mol. The number of rotatable bonds is 9. The first-order chi connectivity index (χ1) is 17.4. The van der Waals surface area contributed by atoms with Gasteiger partial charge in [-0.2, -0.15) is 0 Å². The van der Waals surface area contributed by atoms with Crippen LogP contribution in [0.3, 0.4) is 0 Å². The van der Waals surface area contributed by atoms with Gasteiger partial charge in [0.15, 0.2) is 5.76 Å². The molecule has 1 aliphatic carbocycles. The number of aromatic nitrogens is 1. The quantitative estimate of drug-likeness (QED) is 0.288. The van der Waals surface area contributed by atoms with E-state index in [0.717, 1.165) is 64.3 Å². The van der Waals surface area contributed by atoms with Crippen LogP contribution in [0.15, 0.2) is 77.3 Å². The lowest BCUT2D eigenvalue weighted by atomic mass is 9.93. The van der Waals surface area contributed by atoms with E-state index in [-0.39, 0.29) is 5.82 Å². The minimum Gasteiger partial charge on any atom is -0.481 e. The van der Waals surface area contributed by atoms with Crippen molar-refractivity contribution in [2.75, 3.05) is 18.5 Å². The van der Waals surface area contributed by atoms with Crippen molar-refractivity contribution in [3.8, 4) is 22.5 Å². The predicted octanol–water partition coefficient (Wildman–Crippen LogP) is 6.64. The Morgan fingerprint density at radius 1 is 1.03 bits per heavy atom. The maximum absolute atomic E-state index is 13.5. The highest BCUT2D eigenvalue weighted by atomic mass is 19.1. The van der Waals surface area contributed by atoms with Crippen molar-refractivity contribution in [1.29, 1.82) is 0 Å². The fourth-order valence-corrected chi connectivity index (χ4v) is 4.88. The summed E-state index contributed by atoms with van der Waals surface area (Å²) in [6.45, 7) is 2.72. The first-order valence-corrected chi connectivity index (χ1v) is 12.2. The van der Waals surface area contributed by atoms with Crippen LogP contribution < -0.4 is 4.90 Å². The lowest BCUT2D eigenvalue weighted by molar-refractivity contribution is -0.140. The number of nitrogens with zero attached hydrogens (tertiary/aromatic N) is 2. The Bertz CT molecular complexity index is 1370. The van der Waals surface area contributed by atoms with E-state index in [1.165, 1.54) is 6.07 Å². The highest BCUT2D eigenvalue weighted by Crippen LogP contribution is 2.48. The van der Waals surface area contributed by atoms with Gasteiger partial charge in [-0.1, -0.05) is 65.8 Å². The van der Waals surface area contributed by atoms with Gasteiger partial charge in [-0.05, 0) is 67.0 Å². The van der Waals surface area contributed by atoms with Gasteiger partial charge in [0.2, 0.25) is 0 Å². The zero-order chi connectivity index (χ0) is 25.3. The van der Waals surface area contributed by atoms with Crippen LogP contribution in [0.25, 0.3) is 22.5 Å². The van der Waals surface area contributed by atoms with Gasteiger partial charge in [0.1, 0.15) is 17.2 Å². The Morgan fingerprint density at radius 3 is 2.28 bits per heavy atom. The number of anilines is 1. The van der Waals surface area contributed by atoms with E-state index in [0.29, 0.717) is 12.8 Å². The molecule has 1 N–H and O–H groups in total. The van der Waals surface area contributed by atoms with Crippen molar-refractivity contribution in [1.82, 2.24) is 5.16 Å². The number of hydrogen-bond donors (Lipinski definition) is 1. The van der Waals surface area contributed by atoms with Crippen molar-refractivity contribution < 1.29 is 18.8 Å². The number of carbonyl (C=O) groups is 1. The molecule has 0 spiro atoms. The Hall–Kier alpha value is -3.93. The third-order valence-corrected chi connectivity index (χ3v) is 7.14. The van der Waals surface area contributed by atoms with Crippen LogP contribution in [0.2, 0.25) is 0 Å². The normalized spacial score (nSPS) is 14.0. The molecule has 3 aromatic carbocycles. The van der Waals surface area contributed by atoms with Crippen molar-refractivity contribution in [3.05, 3.63) is 95.4 Å². The largest absolute Gasteiger partial charge is 0.481 e. The Morgan fingerprint density at radius 2 is 1.67 bits per heavy atom. The van der Waals surface area contributed by atoms with Crippen LogP contribution in [0.1, 0.15) is 36.1 Å². The summed E-state index contributed by atoms with van der Waals surface area (Å²) < 4.78 is 19.2. The van der Waals surface area contributed by atoms with Gasteiger partial charge in [0.25, 0.3) is 0 Å². The second-order valence-corrected chi connectivity index (χ2v) is 9.64. The van der Waals surface area contributed by atoms with E-state index in [2.05, 4.69) is 10.1 Å². The molecule has 1 saturated carbocycles. The van der Waals surface area contributed by atoms with E-state index in [1.807, 2.05) is 68.6 Å². The molecule has 0 amide bonds. The summed E-state index contributed by atoms with van der Waals surface area (Å²) in [5.41, 5.74) is 5.97.